The highest BCUT2D eigenvalue weighted by Crippen LogP contribution is 2.27. The number of carbonyl (C=O) groups excluding carboxylic acids is 1. The summed E-state index contributed by atoms with van der Waals surface area (Å²) in [5, 5.41) is 5.04. The second kappa shape index (κ2) is 7.24. The second-order valence-corrected chi connectivity index (χ2v) is 6.19. The summed E-state index contributed by atoms with van der Waals surface area (Å²) in [6.45, 7) is 10.6. The van der Waals surface area contributed by atoms with Crippen molar-refractivity contribution in [3.05, 3.63) is 76.8 Å². The van der Waals surface area contributed by atoms with Gasteiger partial charge in [-0.05, 0) is 35.6 Å². The van der Waals surface area contributed by atoms with Gasteiger partial charge in [-0.1, -0.05) is 35.5 Å². The topological polar surface area (TPSA) is 47.9 Å². The van der Waals surface area contributed by atoms with Gasteiger partial charge >= 0.3 is 5.97 Å². The van der Waals surface area contributed by atoms with Gasteiger partial charge in [0, 0.05) is 37.7 Å². The molecule has 5 heteroatoms. The van der Waals surface area contributed by atoms with Crippen molar-refractivity contribution in [3.63, 3.8) is 0 Å². The molecule has 0 fully saturated rings. The van der Waals surface area contributed by atoms with Crippen LogP contribution in [-0.4, -0.2) is 16.2 Å². The molecule has 0 saturated heterocycles. The van der Waals surface area contributed by atoms with Gasteiger partial charge in [-0.25, -0.2) is 9.64 Å². The average molecular weight is 345 g/mol. The molecule has 0 atom stereocenters. The molecule has 130 valence electrons. The summed E-state index contributed by atoms with van der Waals surface area (Å²) >= 11 is 0. The van der Waals surface area contributed by atoms with Crippen LogP contribution >= 0.6 is 0 Å². The average Bonchev–Trinajstić information content (AvgIpc) is 2.96. The highest BCUT2D eigenvalue weighted by Gasteiger charge is 2.15. The second-order valence-electron chi connectivity index (χ2n) is 6.19. The Morgan fingerprint density at radius 3 is 2.73 bits per heavy atom. The molecule has 0 aliphatic carbocycles. The Balaban J connectivity index is 2.14. The SMILES string of the molecule is [C-]#[N+]c1ccc2c(c1)c(/C(Cc1ccccc1C)=N/OC(C)=O)cn2C. The van der Waals surface area contributed by atoms with Gasteiger partial charge in [0.05, 0.1) is 12.3 Å². The van der Waals surface area contributed by atoms with Crippen molar-refractivity contribution in [1.82, 2.24) is 4.57 Å². The Hall–Kier alpha value is -3.39. The summed E-state index contributed by atoms with van der Waals surface area (Å²) in [5.74, 6) is -0.464. The molecule has 3 rings (SSSR count). The highest BCUT2D eigenvalue weighted by atomic mass is 16.7. The fourth-order valence-corrected chi connectivity index (χ4v) is 2.96. The molecule has 0 aliphatic heterocycles. The number of aromatic nitrogens is 1. The minimum absolute atomic E-state index is 0.464. The number of nitrogens with zero attached hydrogens (tertiary/aromatic N) is 3. The third kappa shape index (κ3) is 3.50. The first-order chi connectivity index (χ1) is 12.5. The van der Waals surface area contributed by atoms with Crippen molar-refractivity contribution in [2.24, 2.45) is 12.2 Å². The van der Waals surface area contributed by atoms with Crippen molar-refractivity contribution in [2.75, 3.05) is 0 Å². The first kappa shape index (κ1) is 17.4. The molecule has 0 spiro atoms. The van der Waals surface area contributed by atoms with Gasteiger partial charge in [0.15, 0.2) is 5.69 Å². The number of hydrogen-bond donors (Lipinski definition) is 0. The molecular weight excluding hydrogens is 326 g/mol. The number of aryl methyl sites for hydroxylation is 2. The smallest absolute Gasteiger partial charge is 0.331 e. The molecule has 0 aliphatic rings. The van der Waals surface area contributed by atoms with E-state index in [0.29, 0.717) is 17.8 Å². The summed E-state index contributed by atoms with van der Waals surface area (Å²) in [7, 11) is 1.95. The molecule has 0 amide bonds. The Labute approximate surface area is 152 Å². The van der Waals surface area contributed by atoms with E-state index in [1.165, 1.54) is 6.92 Å². The number of oxime groups is 1. The molecule has 3 aromatic rings. The standard InChI is InChI=1S/C21H19N3O2/c1-14-7-5-6-8-16(14)11-20(23-26-15(2)25)19-13-24(4)21-10-9-17(22-3)12-18(19)21/h5-10,12-13H,11H2,1-2,4H3/b23-20+. The van der Waals surface area contributed by atoms with E-state index in [1.807, 2.05) is 61.1 Å². The Kier molecular flexibility index (Phi) is 4.85. The van der Waals surface area contributed by atoms with E-state index >= 15 is 0 Å². The molecule has 2 aromatic carbocycles. The Morgan fingerprint density at radius 2 is 2.04 bits per heavy atom. The molecular formula is C21H19N3O2. The van der Waals surface area contributed by atoms with Crippen LogP contribution in [0.25, 0.3) is 15.7 Å². The number of hydrogen-bond acceptors (Lipinski definition) is 3. The highest BCUT2D eigenvalue weighted by molar-refractivity contribution is 6.12. The van der Waals surface area contributed by atoms with Crippen LogP contribution in [0.15, 0.2) is 53.8 Å². The van der Waals surface area contributed by atoms with Crippen LogP contribution < -0.4 is 0 Å². The predicted octanol–water partition coefficient (Wildman–Crippen LogP) is 4.55. The van der Waals surface area contributed by atoms with E-state index in [4.69, 9.17) is 11.4 Å². The van der Waals surface area contributed by atoms with Crippen molar-refractivity contribution < 1.29 is 9.63 Å². The van der Waals surface area contributed by atoms with Crippen LogP contribution in [0.1, 0.15) is 23.6 Å². The molecule has 5 nitrogen and oxygen atoms in total. The molecule has 1 heterocycles. The van der Waals surface area contributed by atoms with E-state index in [9.17, 15) is 4.79 Å². The maximum atomic E-state index is 11.3. The molecule has 0 bridgehead atoms. The molecule has 0 radical (unpaired) electrons. The van der Waals surface area contributed by atoms with Gasteiger partial charge < -0.3 is 9.40 Å². The lowest BCUT2D eigenvalue weighted by Crippen LogP contribution is -2.08. The maximum absolute atomic E-state index is 11.3. The van der Waals surface area contributed by atoms with E-state index in [0.717, 1.165) is 27.6 Å². The number of benzene rings is 2. The summed E-state index contributed by atoms with van der Waals surface area (Å²) < 4.78 is 1.99. The van der Waals surface area contributed by atoms with E-state index < -0.39 is 5.97 Å². The zero-order chi connectivity index (χ0) is 18.7. The summed E-state index contributed by atoms with van der Waals surface area (Å²) in [6.07, 6.45) is 2.49. The lowest BCUT2D eigenvalue weighted by molar-refractivity contribution is -0.140. The number of carbonyl (C=O) groups is 1. The first-order valence-corrected chi connectivity index (χ1v) is 8.25. The fraction of sp³-hybridized carbons (Fsp3) is 0.190. The van der Waals surface area contributed by atoms with Crippen LogP contribution in [0.4, 0.5) is 5.69 Å². The number of rotatable bonds is 4. The largest absolute Gasteiger partial charge is 0.350 e. The normalized spacial score (nSPS) is 11.4. The van der Waals surface area contributed by atoms with Gasteiger partial charge in [-0.3, -0.25) is 0 Å². The predicted molar refractivity (Wildman–Crippen MR) is 102 cm³/mol. The van der Waals surface area contributed by atoms with Crippen LogP contribution in [0, 0.1) is 13.5 Å². The summed E-state index contributed by atoms with van der Waals surface area (Å²) in [4.78, 5) is 19.8. The zero-order valence-electron chi connectivity index (χ0n) is 15.0. The molecule has 26 heavy (non-hydrogen) atoms. The van der Waals surface area contributed by atoms with Gasteiger partial charge in [0.2, 0.25) is 0 Å². The Morgan fingerprint density at radius 1 is 1.27 bits per heavy atom. The monoisotopic (exact) mass is 345 g/mol. The number of fused-ring (bicyclic) bond motifs is 1. The third-order valence-corrected chi connectivity index (χ3v) is 4.32. The third-order valence-electron chi connectivity index (χ3n) is 4.32. The molecule has 0 unspecified atom stereocenters. The van der Waals surface area contributed by atoms with Crippen LogP contribution in [-0.2, 0) is 23.1 Å². The maximum Gasteiger partial charge on any atom is 0.331 e. The van der Waals surface area contributed by atoms with Crippen molar-refractivity contribution in [2.45, 2.75) is 20.3 Å². The minimum atomic E-state index is -0.464. The van der Waals surface area contributed by atoms with E-state index in [1.54, 1.807) is 6.07 Å². The lowest BCUT2D eigenvalue weighted by Gasteiger charge is -2.08. The fourth-order valence-electron chi connectivity index (χ4n) is 2.96. The molecule has 0 saturated carbocycles. The Bertz CT molecular complexity index is 1050. The van der Waals surface area contributed by atoms with E-state index in [2.05, 4.69) is 10.0 Å². The van der Waals surface area contributed by atoms with Crippen LogP contribution in [0.5, 0.6) is 0 Å². The quantitative estimate of drug-likeness (QED) is 0.301. The van der Waals surface area contributed by atoms with Crippen molar-refractivity contribution >= 4 is 28.3 Å². The van der Waals surface area contributed by atoms with Gasteiger partial charge in [0.1, 0.15) is 0 Å². The van der Waals surface area contributed by atoms with Crippen molar-refractivity contribution in [3.8, 4) is 0 Å². The van der Waals surface area contributed by atoms with E-state index in [-0.39, 0.29) is 0 Å². The van der Waals surface area contributed by atoms with Gasteiger partial charge in [-0.15, -0.1) is 0 Å². The molecule has 0 N–H and O–H groups in total. The minimum Gasteiger partial charge on any atom is -0.350 e. The van der Waals surface area contributed by atoms with Gasteiger partial charge in [0.25, 0.3) is 0 Å². The molecule has 1 aromatic heterocycles. The lowest BCUT2D eigenvalue weighted by atomic mass is 9.98. The first-order valence-electron chi connectivity index (χ1n) is 8.25. The van der Waals surface area contributed by atoms with Crippen molar-refractivity contribution in [1.29, 1.82) is 0 Å². The van der Waals surface area contributed by atoms with Crippen LogP contribution in [0.2, 0.25) is 0 Å². The van der Waals surface area contributed by atoms with Crippen LogP contribution in [0.3, 0.4) is 0 Å². The summed E-state index contributed by atoms with van der Waals surface area (Å²) in [5.41, 5.74) is 5.32. The van der Waals surface area contributed by atoms with Gasteiger partial charge in [-0.2, -0.15) is 0 Å². The summed E-state index contributed by atoms with van der Waals surface area (Å²) in [6, 6.07) is 13.6. The zero-order valence-corrected chi connectivity index (χ0v) is 15.0.